The summed E-state index contributed by atoms with van der Waals surface area (Å²) in [6.07, 6.45) is -17.8. The first kappa shape index (κ1) is 34.4. The lowest BCUT2D eigenvalue weighted by atomic mass is 9.84. The summed E-state index contributed by atoms with van der Waals surface area (Å²) in [6, 6.07) is 2.68. The van der Waals surface area contributed by atoms with Crippen LogP contribution in [0.15, 0.2) is 29.2 Å². The molecule has 18 heteroatoms. The van der Waals surface area contributed by atoms with Crippen molar-refractivity contribution in [1.29, 1.82) is 0 Å². The first-order valence-electron chi connectivity index (χ1n) is 13.8. The molecule has 2 heterocycles. The Kier molecular flexibility index (Phi) is 11.1. The molecule has 1 aromatic rings. The summed E-state index contributed by atoms with van der Waals surface area (Å²) in [4.78, 5) is -0.119. The van der Waals surface area contributed by atoms with Gasteiger partial charge in [0, 0.05) is 18.6 Å². The second kappa shape index (κ2) is 13.9. The molecule has 14 N–H and O–H groups in total. The van der Waals surface area contributed by atoms with E-state index in [0.717, 1.165) is 5.56 Å². The van der Waals surface area contributed by atoms with Gasteiger partial charge in [0.1, 0.15) is 61.0 Å². The molecule has 7 unspecified atom stereocenters. The Morgan fingerprint density at radius 2 is 1.30 bits per heavy atom. The van der Waals surface area contributed by atoms with E-state index in [1.807, 2.05) is 0 Å². The average Bonchev–Trinajstić information content (AvgIpc) is 2.96. The van der Waals surface area contributed by atoms with Crippen molar-refractivity contribution in [2.45, 2.75) is 110 Å². The number of ether oxygens (including phenoxy) is 4. The van der Waals surface area contributed by atoms with Crippen LogP contribution < -0.4 is 22.9 Å². The summed E-state index contributed by atoms with van der Waals surface area (Å²) >= 11 is 0. The summed E-state index contributed by atoms with van der Waals surface area (Å²) in [5, 5.41) is 63.1. The van der Waals surface area contributed by atoms with Gasteiger partial charge in [0.05, 0.1) is 17.5 Å². The van der Waals surface area contributed by atoms with Crippen molar-refractivity contribution in [2.24, 2.45) is 22.9 Å². The molecule has 3 fully saturated rings. The fraction of sp³-hybridized carbons (Fsp3) is 0.760. The Hall–Kier alpha value is -1.43. The van der Waals surface area contributed by atoms with Gasteiger partial charge in [0.2, 0.25) is 0 Å². The predicted molar refractivity (Wildman–Crippen MR) is 145 cm³/mol. The third kappa shape index (κ3) is 7.36. The first-order valence-corrected chi connectivity index (χ1v) is 15.2. The molecule has 2 aliphatic heterocycles. The van der Waals surface area contributed by atoms with Gasteiger partial charge in [-0.25, -0.2) is 0 Å². The number of aryl methyl sites for hydroxylation is 1. The van der Waals surface area contributed by atoms with Gasteiger partial charge in [0.25, 0.3) is 10.1 Å². The topological polar surface area (TPSA) is 306 Å². The molecule has 1 aliphatic carbocycles. The standard InChI is InChI=1S/C25H42N4O13S/c1-9-2-4-10(5-3-9)43(36,37)38-8-14-16(30)15(29)18(32)24(40-14)41-22-11(27)6-12(28)23(21(22)35)42-25-20(34)19(33)17(31)13(7-26)39-25/h2-5,11-25,30-35H,6-8,26-29H2,1H3/t11-,12?,13?,14-,15?,16-,17-,18-,19+,20?,21-,22?,23?,24?,25-/m1/s1. The van der Waals surface area contributed by atoms with Gasteiger partial charge < -0.3 is 72.5 Å². The van der Waals surface area contributed by atoms with Gasteiger partial charge >= 0.3 is 0 Å². The zero-order valence-electron chi connectivity index (χ0n) is 23.3. The lowest BCUT2D eigenvalue weighted by Gasteiger charge is -2.48. The number of nitrogens with two attached hydrogens (primary N) is 4. The van der Waals surface area contributed by atoms with Crippen molar-refractivity contribution in [3.63, 3.8) is 0 Å². The Morgan fingerprint density at radius 3 is 1.86 bits per heavy atom. The molecular weight excluding hydrogens is 596 g/mol. The van der Waals surface area contributed by atoms with E-state index >= 15 is 0 Å². The third-order valence-electron chi connectivity index (χ3n) is 8.00. The Morgan fingerprint density at radius 1 is 0.767 bits per heavy atom. The van der Waals surface area contributed by atoms with Gasteiger partial charge in [0.15, 0.2) is 12.6 Å². The molecule has 246 valence electrons. The van der Waals surface area contributed by atoms with E-state index in [-0.39, 0.29) is 17.9 Å². The third-order valence-corrected chi connectivity index (χ3v) is 9.30. The number of rotatable bonds is 9. The second-order valence-electron chi connectivity index (χ2n) is 11.2. The van der Waals surface area contributed by atoms with Crippen LogP contribution >= 0.6 is 0 Å². The highest BCUT2D eigenvalue weighted by Crippen LogP contribution is 2.31. The summed E-state index contributed by atoms with van der Waals surface area (Å²) in [7, 11) is -4.24. The molecule has 0 amide bonds. The lowest BCUT2D eigenvalue weighted by molar-refractivity contribution is -0.331. The maximum Gasteiger partial charge on any atom is 0.297 e. The Balaban J connectivity index is 1.45. The molecule has 4 rings (SSSR count). The number of aliphatic hydroxyl groups is 6. The van der Waals surface area contributed by atoms with Crippen LogP contribution in [0.1, 0.15) is 12.0 Å². The van der Waals surface area contributed by atoms with Crippen LogP contribution in [0.5, 0.6) is 0 Å². The molecule has 1 aromatic carbocycles. The van der Waals surface area contributed by atoms with Crippen LogP contribution in [0.2, 0.25) is 0 Å². The van der Waals surface area contributed by atoms with Crippen molar-refractivity contribution < 1.29 is 62.2 Å². The predicted octanol–water partition coefficient (Wildman–Crippen LogP) is -5.57. The number of hydrogen-bond acceptors (Lipinski definition) is 17. The van der Waals surface area contributed by atoms with Crippen LogP contribution in [0.3, 0.4) is 0 Å². The van der Waals surface area contributed by atoms with Crippen molar-refractivity contribution in [2.75, 3.05) is 13.2 Å². The highest BCUT2D eigenvalue weighted by Gasteiger charge is 2.51. The van der Waals surface area contributed by atoms with E-state index in [2.05, 4.69) is 0 Å². The summed E-state index contributed by atoms with van der Waals surface area (Å²) in [5.74, 6) is 0. The normalized spacial score (nSPS) is 44.3. The Bertz CT molecular complexity index is 1160. The highest BCUT2D eigenvalue weighted by molar-refractivity contribution is 7.86. The molecule has 0 spiro atoms. The molecule has 0 aromatic heterocycles. The minimum absolute atomic E-state index is 0.0134. The quantitative estimate of drug-likeness (QED) is 0.113. The average molecular weight is 639 g/mol. The van der Waals surface area contributed by atoms with Crippen molar-refractivity contribution in [3.05, 3.63) is 29.8 Å². The lowest BCUT2D eigenvalue weighted by Crippen LogP contribution is -2.68. The molecule has 43 heavy (non-hydrogen) atoms. The van der Waals surface area contributed by atoms with Crippen LogP contribution in [-0.4, -0.2) is 144 Å². The van der Waals surface area contributed by atoms with Gasteiger partial charge in [-0.15, -0.1) is 0 Å². The van der Waals surface area contributed by atoms with E-state index in [1.165, 1.54) is 12.1 Å². The SMILES string of the molecule is Cc1ccc(S(=O)(=O)OC[C@H]2OC(OC3[C@@H](O)C(O[C@H]4OC(CN)[C@@H](O)[C@H](O)C4O)C(N)C[C@H]3N)[C@H](O)C(N)[C@@H]2O)cc1. The molecule has 15 atom stereocenters. The van der Waals surface area contributed by atoms with E-state index < -0.39 is 108 Å². The number of aliphatic hydroxyl groups excluding tert-OH is 6. The zero-order chi connectivity index (χ0) is 31.8. The minimum Gasteiger partial charge on any atom is -0.389 e. The zero-order valence-corrected chi connectivity index (χ0v) is 24.2. The van der Waals surface area contributed by atoms with Gasteiger partial charge in [-0.3, -0.25) is 4.18 Å². The van der Waals surface area contributed by atoms with Crippen molar-refractivity contribution in [1.82, 2.24) is 0 Å². The maximum absolute atomic E-state index is 12.6. The van der Waals surface area contributed by atoms with Gasteiger partial charge in [-0.2, -0.15) is 8.42 Å². The monoisotopic (exact) mass is 638 g/mol. The van der Waals surface area contributed by atoms with Crippen molar-refractivity contribution >= 4 is 10.1 Å². The molecular formula is C25H42N4O13S. The smallest absolute Gasteiger partial charge is 0.297 e. The fourth-order valence-electron chi connectivity index (χ4n) is 5.32. The highest BCUT2D eigenvalue weighted by atomic mass is 32.2. The molecule has 0 radical (unpaired) electrons. The second-order valence-corrected chi connectivity index (χ2v) is 12.8. The van der Waals surface area contributed by atoms with E-state index in [4.69, 9.17) is 46.1 Å². The fourth-order valence-corrected chi connectivity index (χ4v) is 6.24. The van der Waals surface area contributed by atoms with Crippen LogP contribution in [0.25, 0.3) is 0 Å². The van der Waals surface area contributed by atoms with Crippen molar-refractivity contribution in [3.8, 4) is 0 Å². The first-order chi connectivity index (χ1) is 20.2. The molecule has 3 aliphatic rings. The summed E-state index contributed by atoms with van der Waals surface area (Å²) in [5.41, 5.74) is 24.8. The summed E-state index contributed by atoms with van der Waals surface area (Å²) in [6.45, 7) is 0.898. The molecule has 2 saturated heterocycles. The van der Waals surface area contributed by atoms with E-state index in [0.29, 0.717) is 0 Å². The van der Waals surface area contributed by atoms with Crippen LogP contribution in [0.4, 0.5) is 0 Å². The van der Waals surface area contributed by atoms with E-state index in [1.54, 1.807) is 19.1 Å². The van der Waals surface area contributed by atoms with Crippen LogP contribution in [-0.2, 0) is 33.2 Å². The largest absolute Gasteiger partial charge is 0.389 e. The van der Waals surface area contributed by atoms with Gasteiger partial charge in [-0.05, 0) is 25.5 Å². The maximum atomic E-state index is 12.6. The molecule has 0 bridgehead atoms. The minimum atomic E-state index is -4.24. The van der Waals surface area contributed by atoms with Gasteiger partial charge in [-0.1, -0.05) is 17.7 Å². The Labute approximate surface area is 248 Å². The molecule has 17 nitrogen and oxygen atoms in total. The van der Waals surface area contributed by atoms with Crippen LogP contribution in [0, 0.1) is 6.92 Å². The number of benzene rings is 1. The summed E-state index contributed by atoms with van der Waals surface area (Å²) < 4.78 is 53.1. The van der Waals surface area contributed by atoms with E-state index in [9.17, 15) is 39.1 Å². The number of hydrogen-bond donors (Lipinski definition) is 10. The molecule has 1 saturated carbocycles.